The second-order valence-electron chi connectivity index (χ2n) is 8.45. The number of hydrogen-bond donors (Lipinski definition) is 1. The van der Waals surface area contributed by atoms with Crippen LogP contribution >= 0.6 is 11.8 Å². The lowest BCUT2D eigenvalue weighted by molar-refractivity contribution is -0.114. The highest BCUT2D eigenvalue weighted by molar-refractivity contribution is 8.27. The minimum atomic E-state index is -0.454. The number of carbonyl (C=O) groups excluding carboxylic acids is 1. The molecule has 1 amide bonds. The Morgan fingerprint density at radius 3 is 2.69 bits per heavy atom. The molecule has 2 heterocycles. The van der Waals surface area contributed by atoms with E-state index in [0.29, 0.717) is 28.8 Å². The number of aliphatic imine (C=N–C) groups is 1. The van der Waals surface area contributed by atoms with Crippen LogP contribution in [-0.2, 0) is 11.4 Å². The summed E-state index contributed by atoms with van der Waals surface area (Å²) in [7, 11) is 1.57. The van der Waals surface area contributed by atoms with Crippen LogP contribution in [0.5, 0.6) is 11.5 Å². The second kappa shape index (κ2) is 9.38. The quantitative estimate of drug-likeness (QED) is 0.453. The third-order valence-corrected chi connectivity index (χ3v) is 6.93. The molecule has 2 aliphatic rings. The van der Waals surface area contributed by atoms with Crippen molar-refractivity contribution in [2.45, 2.75) is 20.5 Å². The molecule has 3 aromatic carbocycles. The summed E-state index contributed by atoms with van der Waals surface area (Å²) < 4.78 is 11.7. The van der Waals surface area contributed by atoms with Crippen molar-refractivity contribution in [3.8, 4) is 11.5 Å². The third-order valence-electron chi connectivity index (χ3n) is 5.73. The Kier molecular flexibility index (Phi) is 6.13. The molecule has 3 aromatic rings. The fraction of sp³-hybridized carbons (Fsp3) is 0.185. The normalized spacial score (nSPS) is 16.6. The van der Waals surface area contributed by atoms with Gasteiger partial charge in [0.05, 0.1) is 12.7 Å². The lowest BCUT2D eigenvalue weighted by atomic mass is 10.1. The summed E-state index contributed by atoms with van der Waals surface area (Å²) >= 11 is 1.33. The van der Waals surface area contributed by atoms with Crippen molar-refractivity contribution in [2.24, 2.45) is 16.0 Å². The molecule has 8 heteroatoms. The fourth-order valence-electron chi connectivity index (χ4n) is 3.87. The van der Waals surface area contributed by atoms with E-state index in [-0.39, 0.29) is 17.3 Å². The number of benzene rings is 3. The molecule has 0 unspecified atom stereocenters. The molecular formula is C27H24N4O3S. The van der Waals surface area contributed by atoms with Gasteiger partial charge < -0.3 is 9.47 Å². The number of nitrogens with zero attached hydrogens (tertiary/aromatic N) is 3. The molecule has 0 saturated carbocycles. The molecular weight excluding hydrogens is 460 g/mol. The highest BCUT2D eigenvalue weighted by Crippen LogP contribution is 2.33. The van der Waals surface area contributed by atoms with Crippen molar-refractivity contribution >= 4 is 50.6 Å². The summed E-state index contributed by atoms with van der Waals surface area (Å²) in [6.07, 6.45) is 1.63. The van der Waals surface area contributed by atoms with Gasteiger partial charge in [-0.15, -0.1) is 0 Å². The topological polar surface area (TPSA) is 87.3 Å². The van der Waals surface area contributed by atoms with E-state index in [0.717, 1.165) is 21.4 Å². The first kappa shape index (κ1) is 22.9. The number of amides is 1. The van der Waals surface area contributed by atoms with Crippen molar-refractivity contribution < 1.29 is 14.3 Å². The van der Waals surface area contributed by atoms with Crippen LogP contribution in [0, 0.1) is 11.3 Å². The molecule has 35 heavy (non-hydrogen) atoms. The van der Waals surface area contributed by atoms with Gasteiger partial charge in [0.2, 0.25) is 5.17 Å². The van der Waals surface area contributed by atoms with Crippen LogP contribution in [0.25, 0.3) is 16.8 Å². The molecule has 0 aromatic heterocycles. The second-order valence-corrected chi connectivity index (χ2v) is 9.44. The van der Waals surface area contributed by atoms with Crippen LogP contribution in [0.1, 0.15) is 25.0 Å². The van der Waals surface area contributed by atoms with Crippen molar-refractivity contribution in [3.63, 3.8) is 0 Å². The SMILES string of the molecule is COc1cc(C=C2C(=N)N3N=C(C(C)C)SC3=NC2=O)ccc1OCc1cccc2ccccc12. The third kappa shape index (κ3) is 4.44. The molecule has 2 aliphatic heterocycles. The Morgan fingerprint density at radius 2 is 1.89 bits per heavy atom. The Morgan fingerprint density at radius 1 is 1.09 bits per heavy atom. The number of hydrazone groups is 1. The Labute approximate surface area is 207 Å². The van der Waals surface area contributed by atoms with E-state index < -0.39 is 5.91 Å². The predicted octanol–water partition coefficient (Wildman–Crippen LogP) is 5.70. The number of amidine groups is 2. The van der Waals surface area contributed by atoms with Crippen LogP contribution < -0.4 is 9.47 Å². The first-order valence-corrected chi connectivity index (χ1v) is 12.0. The minimum Gasteiger partial charge on any atom is -0.493 e. The largest absolute Gasteiger partial charge is 0.493 e. The van der Waals surface area contributed by atoms with E-state index in [9.17, 15) is 4.79 Å². The number of carbonyl (C=O) groups is 1. The average molecular weight is 485 g/mol. The van der Waals surface area contributed by atoms with Gasteiger partial charge in [-0.05, 0) is 51.9 Å². The summed E-state index contributed by atoms with van der Waals surface area (Å²) in [4.78, 5) is 16.8. The lowest BCUT2D eigenvalue weighted by Crippen LogP contribution is -2.35. The summed E-state index contributed by atoms with van der Waals surface area (Å²) in [5.74, 6) is 0.877. The van der Waals surface area contributed by atoms with Crippen molar-refractivity contribution in [1.82, 2.24) is 5.01 Å². The Balaban J connectivity index is 1.39. The van der Waals surface area contributed by atoms with Gasteiger partial charge in [0.1, 0.15) is 11.7 Å². The van der Waals surface area contributed by atoms with Gasteiger partial charge in [0.25, 0.3) is 5.91 Å². The number of fused-ring (bicyclic) bond motifs is 2. The van der Waals surface area contributed by atoms with Crippen LogP contribution in [0.4, 0.5) is 0 Å². The first-order chi connectivity index (χ1) is 16.9. The summed E-state index contributed by atoms with van der Waals surface area (Å²) in [6.45, 7) is 4.42. The molecule has 0 bridgehead atoms. The molecule has 5 rings (SSSR count). The van der Waals surface area contributed by atoms with Crippen molar-refractivity contribution in [3.05, 3.63) is 77.4 Å². The van der Waals surface area contributed by atoms with Gasteiger partial charge >= 0.3 is 0 Å². The van der Waals surface area contributed by atoms with Gasteiger partial charge in [-0.2, -0.15) is 15.1 Å². The van der Waals surface area contributed by atoms with Gasteiger partial charge in [-0.1, -0.05) is 62.4 Å². The first-order valence-electron chi connectivity index (χ1n) is 11.2. The standard InChI is InChI=1S/C27H24N4O3S/c1-16(2)26-30-31-24(28)21(25(32)29-27(31)35-26)13-17-11-12-22(23(14-17)33-3)34-15-19-9-6-8-18-7-4-5-10-20(18)19/h4-14,16,28H,15H2,1-3H3. The minimum absolute atomic E-state index is 0.0124. The zero-order valence-electron chi connectivity index (χ0n) is 19.6. The van der Waals surface area contributed by atoms with E-state index in [1.54, 1.807) is 19.3 Å². The van der Waals surface area contributed by atoms with E-state index in [1.165, 1.54) is 16.8 Å². The molecule has 176 valence electrons. The lowest BCUT2D eigenvalue weighted by Gasteiger charge is -2.20. The maximum atomic E-state index is 12.7. The van der Waals surface area contributed by atoms with Gasteiger partial charge in [-0.3, -0.25) is 10.2 Å². The summed E-state index contributed by atoms with van der Waals surface area (Å²) in [5.41, 5.74) is 1.96. The maximum Gasteiger partial charge on any atom is 0.283 e. The van der Waals surface area contributed by atoms with Crippen molar-refractivity contribution in [1.29, 1.82) is 5.41 Å². The monoisotopic (exact) mass is 484 g/mol. The average Bonchev–Trinajstić information content (AvgIpc) is 3.30. The number of methoxy groups -OCH3 is 1. The fourth-order valence-corrected chi connectivity index (χ4v) is 4.77. The number of rotatable bonds is 6. The number of hydrogen-bond acceptors (Lipinski definition) is 6. The van der Waals surface area contributed by atoms with E-state index >= 15 is 0 Å². The molecule has 0 saturated heterocycles. The molecule has 0 atom stereocenters. The molecule has 0 radical (unpaired) electrons. The van der Waals surface area contributed by atoms with Gasteiger partial charge in [0.15, 0.2) is 17.3 Å². The highest BCUT2D eigenvalue weighted by atomic mass is 32.2. The zero-order chi connectivity index (χ0) is 24.5. The van der Waals surface area contributed by atoms with Crippen LogP contribution in [0.2, 0.25) is 0 Å². The molecule has 7 nitrogen and oxygen atoms in total. The predicted molar refractivity (Wildman–Crippen MR) is 141 cm³/mol. The zero-order valence-corrected chi connectivity index (χ0v) is 20.4. The van der Waals surface area contributed by atoms with Crippen molar-refractivity contribution in [2.75, 3.05) is 7.11 Å². The highest BCUT2D eigenvalue weighted by Gasteiger charge is 2.36. The molecule has 1 N–H and O–H groups in total. The smallest absolute Gasteiger partial charge is 0.283 e. The summed E-state index contributed by atoms with van der Waals surface area (Å²) in [5, 5.41) is 18.0. The van der Waals surface area contributed by atoms with E-state index in [1.807, 2.05) is 50.2 Å². The molecule has 0 fully saturated rings. The van der Waals surface area contributed by atoms with Gasteiger partial charge in [0, 0.05) is 5.92 Å². The van der Waals surface area contributed by atoms with E-state index in [4.69, 9.17) is 14.9 Å². The van der Waals surface area contributed by atoms with E-state index in [2.05, 4.69) is 28.3 Å². The van der Waals surface area contributed by atoms with Crippen LogP contribution in [0.15, 0.2) is 76.3 Å². The van der Waals surface area contributed by atoms with Crippen LogP contribution in [-0.4, -0.2) is 34.1 Å². The molecule has 0 spiro atoms. The molecule has 0 aliphatic carbocycles. The number of nitrogens with one attached hydrogen (secondary N) is 1. The Bertz CT molecular complexity index is 1440. The summed E-state index contributed by atoms with van der Waals surface area (Å²) in [6, 6.07) is 19.8. The Hall–Kier alpha value is -3.91. The number of ether oxygens (including phenoxy) is 2. The number of thioether (sulfide) groups is 1. The van der Waals surface area contributed by atoms with Crippen LogP contribution in [0.3, 0.4) is 0 Å². The maximum absolute atomic E-state index is 12.7. The van der Waals surface area contributed by atoms with Gasteiger partial charge in [-0.25, -0.2) is 0 Å².